The summed E-state index contributed by atoms with van der Waals surface area (Å²) in [5.41, 5.74) is 7.41. The summed E-state index contributed by atoms with van der Waals surface area (Å²) in [4.78, 5) is 23.1. The highest BCUT2D eigenvalue weighted by Crippen LogP contribution is 2.45. The van der Waals surface area contributed by atoms with E-state index in [4.69, 9.17) is 19.4 Å². The van der Waals surface area contributed by atoms with Gasteiger partial charge in [0.2, 0.25) is 0 Å². The first-order valence-electron chi connectivity index (χ1n) is 13.2. The Morgan fingerprint density at radius 1 is 1.16 bits per heavy atom. The molecule has 192 valence electrons. The Morgan fingerprint density at radius 2 is 1.95 bits per heavy atom. The third-order valence-electron chi connectivity index (χ3n) is 7.32. The molecule has 1 aliphatic heterocycles. The van der Waals surface area contributed by atoms with Gasteiger partial charge in [-0.3, -0.25) is 14.8 Å². The highest BCUT2D eigenvalue weighted by atomic mass is 16.5. The van der Waals surface area contributed by atoms with Crippen LogP contribution in [0.2, 0.25) is 0 Å². The molecule has 0 bridgehead atoms. The lowest BCUT2D eigenvalue weighted by Gasteiger charge is -2.30. The fourth-order valence-corrected chi connectivity index (χ4v) is 5.35. The SMILES string of the molecule is CCC(C)c1ccc2c(-c3ccc4c5c(ccnc35)CCO4)c([C@H](OC(C)(C)C)C(C)=O)c(C)cc2n1. The van der Waals surface area contributed by atoms with E-state index in [1.54, 1.807) is 6.92 Å². The van der Waals surface area contributed by atoms with Gasteiger partial charge in [-0.05, 0) is 99.5 Å². The summed E-state index contributed by atoms with van der Waals surface area (Å²) in [6, 6.07) is 12.6. The van der Waals surface area contributed by atoms with Gasteiger partial charge < -0.3 is 9.47 Å². The number of rotatable bonds is 6. The van der Waals surface area contributed by atoms with E-state index in [2.05, 4.69) is 51.1 Å². The molecule has 3 heterocycles. The van der Waals surface area contributed by atoms with Crippen molar-refractivity contribution in [2.45, 2.75) is 78.9 Å². The third-order valence-corrected chi connectivity index (χ3v) is 7.32. The Hall–Kier alpha value is -3.31. The van der Waals surface area contributed by atoms with Crippen LogP contribution in [0.5, 0.6) is 5.75 Å². The number of aromatic nitrogens is 2. The topological polar surface area (TPSA) is 61.3 Å². The van der Waals surface area contributed by atoms with Crippen molar-refractivity contribution in [1.82, 2.24) is 9.97 Å². The van der Waals surface area contributed by atoms with Crippen LogP contribution in [0.3, 0.4) is 0 Å². The zero-order chi connectivity index (χ0) is 26.5. The van der Waals surface area contributed by atoms with Crippen molar-refractivity contribution in [3.63, 3.8) is 0 Å². The van der Waals surface area contributed by atoms with Crippen molar-refractivity contribution in [3.8, 4) is 16.9 Å². The summed E-state index contributed by atoms with van der Waals surface area (Å²) in [6.45, 7) is 14.7. The monoisotopic (exact) mass is 496 g/mol. The molecule has 0 fully saturated rings. The lowest BCUT2D eigenvalue weighted by molar-refractivity contribution is -0.138. The van der Waals surface area contributed by atoms with Crippen molar-refractivity contribution in [2.24, 2.45) is 0 Å². The average Bonchev–Trinajstić information content (AvgIpc) is 2.86. The van der Waals surface area contributed by atoms with Gasteiger partial charge >= 0.3 is 0 Å². The summed E-state index contributed by atoms with van der Waals surface area (Å²) in [5, 5.41) is 2.04. The molecule has 2 atom stereocenters. The molecule has 1 unspecified atom stereocenters. The average molecular weight is 497 g/mol. The Kier molecular flexibility index (Phi) is 6.53. The van der Waals surface area contributed by atoms with E-state index in [0.29, 0.717) is 12.5 Å². The standard InChI is InChI=1S/C32H36N2O3/c1-8-18(2)24-11-9-22-25(34-24)17-19(3)27(31(20(4)35)37-32(5,6)7)29(22)23-10-12-26-28-21(14-16-36-26)13-15-33-30(23)28/h9-13,15,17-18,31H,8,14,16H2,1-7H3/t18?,31-/m1/s1. The van der Waals surface area contributed by atoms with E-state index in [9.17, 15) is 4.79 Å². The minimum atomic E-state index is -0.712. The minimum Gasteiger partial charge on any atom is -0.493 e. The maximum absolute atomic E-state index is 13.1. The van der Waals surface area contributed by atoms with Gasteiger partial charge in [0.05, 0.1) is 23.2 Å². The molecule has 0 saturated heterocycles. The molecule has 2 aromatic carbocycles. The van der Waals surface area contributed by atoms with Crippen molar-refractivity contribution in [2.75, 3.05) is 6.61 Å². The van der Waals surface area contributed by atoms with Crippen LogP contribution < -0.4 is 4.74 Å². The quantitative estimate of drug-likeness (QED) is 0.274. The van der Waals surface area contributed by atoms with Crippen molar-refractivity contribution < 1.29 is 14.3 Å². The van der Waals surface area contributed by atoms with Crippen LogP contribution >= 0.6 is 0 Å². The predicted molar refractivity (Wildman–Crippen MR) is 149 cm³/mol. The largest absolute Gasteiger partial charge is 0.493 e. The third kappa shape index (κ3) is 4.61. The van der Waals surface area contributed by atoms with Gasteiger partial charge in [0, 0.05) is 34.6 Å². The van der Waals surface area contributed by atoms with E-state index in [1.165, 1.54) is 5.56 Å². The molecule has 5 nitrogen and oxygen atoms in total. The maximum atomic E-state index is 13.1. The Bertz CT molecular complexity index is 1510. The number of hydrogen-bond acceptors (Lipinski definition) is 5. The lowest BCUT2D eigenvalue weighted by Crippen LogP contribution is -2.27. The van der Waals surface area contributed by atoms with Gasteiger partial charge in [-0.25, -0.2) is 0 Å². The van der Waals surface area contributed by atoms with Crippen LogP contribution in [0, 0.1) is 6.92 Å². The molecule has 1 aliphatic rings. The summed E-state index contributed by atoms with van der Waals surface area (Å²) < 4.78 is 12.4. The van der Waals surface area contributed by atoms with Crippen LogP contribution in [0.1, 0.15) is 82.4 Å². The Morgan fingerprint density at radius 3 is 2.65 bits per heavy atom. The zero-order valence-corrected chi connectivity index (χ0v) is 22.9. The summed E-state index contributed by atoms with van der Waals surface area (Å²) in [6.07, 6.45) is 3.03. The molecular weight excluding hydrogens is 460 g/mol. The number of carbonyl (C=O) groups excluding carboxylic acids is 1. The van der Waals surface area contributed by atoms with Crippen LogP contribution in [-0.2, 0) is 16.0 Å². The number of pyridine rings is 2. The molecular formula is C32H36N2O3. The van der Waals surface area contributed by atoms with Crippen molar-refractivity contribution in [1.29, 1.82) is 0 Å². The number of Topliss-reactive ketones (excluding diaryl/α,β-unsaturated/α-hetero) is 1. The van der Waals surface area contributed by atoms with E-state index in [0.717, 1.165) is 68.3 Å². The molecule has 5 heteroatoms. The Labute approximate surface area is 219 Å². The molecule has 0 aliphatic carbocycles. The number of ether oxygens (including phenoxy) is 2. The highest BCUT2D eigenvalue weighted by Gasteiger charge is 2.31. The van der Waals surface area contributed by atoms with Crippen LogP contribution in [0.15, 0.2) is 42.6 Å². The first kappa shape index (κ1) is 25.3. The molecule has 0 radical (unpaired) electrons. The molecule has 0 amide bonds. The predicted octanol–water partition coefficient (Wildman–Crippen LogP) is 7.65. The fourth-order valence-electron chi connectivity index (χ4n) is 5.35. The van der Waals surface area contributed by atoms with Gasteiger partial charge in [0.1, 0.15) is 11.9 Å². The van der Waals surface area contributed by atoms with E-state index < -0.39 is 11.7 Å². The molecule has 4 aromatic rings. The second-order valence-electron chi connectivity index (χ2n) is 11.2. The van der Waals surface area contributed by atoms with E-state index in [1.807, 2.05) is 33.0 Å². The number of benzene rings is 2. The molecule has 5 rings (SSSR count). The first-order valence-corrected chi connectivity index (χ1v) is 13.2. The van der Waals surface area contributed by atoms with Crippen LogP contribution in [-0.4, -0.2) is 28.0 Å². The maximum Gasteiger partial charge on any atom is 0.163 e. The highest BCUT2D eigenvalue weighted by molar-refractivity contribution is 6.08. The molecule has 2 aromatic heterocycles. The van der Waals surface area contributed by atoms with Gasteiger partial charge in [-0.2, -0.15) is 0 Å². The summed E-state index contributed by atoms with van der Waals surface area (Å²) in [7, 11) is 0. The van der Waals surface area contributed by atoms with Gasteiger partial charge in [0.25, 0.3) is 0 Å². The normalized spacial score (nSPS) is 15.0. The first-order chi connectivity index (χ1) is 17.6. The molecule has 0 N–H and O–H groups in total. The lowest BCUT2D eigenvalue weighted by atomic mass is 9.85. The summed E-state index contributed by atoms with van der Waals surface area (Å²) in [5.74, 6) is 1.20. The van der Waals surface area contributed by atoms with Crippen molar-refractivity contribution >= 4 is 27.6 Å². The molecule has 0 spiro atoms. The van der Waals surface area contributed by atoms with E-state index in [-0.39, 0.29) is 5.78 Å². The number of carbonyl (C=O) groups is 1. The van der Waals surface area contributed by atoms with Gasteiger partial charge in [-0.1, -0.05) is 19.9 Å². The fraction of sp³-hybridized carbons (Fsp3) is 0.406. The molecule has 0 saturated carbocycles. The van der Waals surface area contributed by atoms with E-state index >= 15 is 0 Å². The number of fused-ring (bicyclic) bond motifs is 1. The zero-order valence-electron chi connectivity index (χ0n) is 22.9. The molecule has 37 heavy (non-hydrogen) atoms. The van der Waals surface area contributed by atoms with Gasteiger partial charge in [-0.15, -0.1) is 0 Å². The second-order valence-corrected chi connectivity index (χ2v) is 11.2. The minimum absolute atomic E-state index is 0.0261. The van der Waals surface area contributed by atoms with Crippen LogP contribution in [0.25, 0.3) is 32.9 Å². The number of nitrogens with zero attached hydrogens (tertiary/aromatic N) is 2. The Balaban J connectivity index is 1.89. The summed E-state index contributed by atoms with van der Waals surface area (Å²) >= 11 is 0. The van der Waals surface area contributed by atoms with Crippen LogP contribution in [0.4, 0.5) is 0 Å². The van der Waals surface area contributed by atoms with Crippen molar-refractivity contribution in [3.05, 3.63) is 65.0 Å². The number of hydrogen-bond donors (Lipinski definition) is 0. The number of ketones is 1. The second kappa shape index (κ2) is 9.53. The van der Waals surface area contributed by atoms with Gasteiger partial charge in [0.15, 0.2) is 5.78 Å². The smallest absolute Gasteiger partial charge is 0.163 e. The number of aryl methyl sites for hydroxylation is 1.